The van der Waals surface area contributed by atoms with Crippen LogP contribution in [0.2, 0.25) is 0 Å². The van der Waals surface area contributed by atoms with E-state index in [1.807, 2.05) is 30.6 Å². The molecule has 3 nitrogen and oxygen atoms in total. The van der Waals surface area contributed by atoms with Gasteiger partial charge in [-0.05, 0) is 36.1 Å². The summed E-state index contributed by atoms with van der Waals surface area (Å²) in [5, 5.41) is 3.32. The zero-order valence-electron chi connectivity index (χ0n) is 13.0. The van der Waals surface area contributed by atoms with Gasteiger partial charge in [-0.15, -0.1) is 11.3 Å². The van der Waals surface area contributed by atoms with Crippen molar-refractivity contribution < 1.29 is 4.74 Å². The van der Waals surface area contributed by atoms with Crippen molar-refractivity contribution in [3.05, 3.63) is 59.7 Å². The molecule has 0 saturated heterocycles. The van der Waals surface area contributed by atoms with Gasteiger partial charge < -0.3 is 9.72 Å². The standard InChI is InChI=1S/C19H16N2OS/c1-12-9-17(23-11-12)14-7-8-20-19-18(14)15(10-21-19)13-5-3-4-6-16(13)22-2/h3-11H,1-2H3,(H,20,21). The Kier molecular flexibility index (Phi) is 3.39. The summed E-state index contributed by atoms with van der Waals surface area (Å²) in [4.78, 5) is 9.03. The number of aromatic amines is 1. The first kappa shape index (κ1) is 14.0. The Morgan fingerprint density at radius 2 is 1.96 bits per heavy atom. The number of rotatable bonds is 3. The number of ether oxygens (including phenoxy) is 1. The highest BCUT2D eigenvalue weighted by molar-refractivity contribution is 7.13. The molecule has 0 spiro atoms. The van der Waals surface area contributed by atoms with Crippen molar-refractivity contribution in [1.29, 1.82) is 0 Å². The summed E-state index contributed by atoms with van der Waals surface area (Å²) in [5.74, 6) is 0.866. The van der Waals surface area contributed by atoms with Crippen molar-refractivity contribution >= 4 is 22.4 Å². The minimum Gasteiger partial charge on any atom is -0.496 e. The summed E-state index contributed by atoms with van der Waals surface area (Å²) in [6.07, 6.45) is 3.87. The Hall–Kier alpha value is -2.59. The van der Waals surface area contributed by atoms with E-state index in [4.69, 9.17) is 4.74 Å². The third-order valence-electron chi connectivity index (χ3n) is 3.97. The number of aryl methyl sites for hydroxylation is 1. The van der Waals surface area contributed by atoms with Crippen molar-refractivity contribution in [2.75, 3.05) is 7.11 Å². The number of methoxy groups -OCH3 is 1. The molecule has 0 aliphatic rings. The number of thiophene rings is 1. The lowest BCUT2D eigenvalue weighted by atomic mass is 10.0. The lowest BCUT2D eigenvalue weighted by Crippen LogP contribution is -1.87. The van der Waals surface area contributed by atoms with Gasteiger partial charge in [0.15, 0.2) is 0 Å². The Morgan fingerprint density at radius 1 is 1.09 bits per heavy atom. The lowest BCUT2D eigenvalue weighted by molar-refractivity contribution is 0.416. The number of hydrogen-bond donors (Lipinski definition) is 1. The number of H-pyrrole nitrogens is 1. The van der Waals surface area contributed by atoms with Gasteiger partial charge in [0.1, 0.15) is 11.4 Å². The number of benzene rings is 1. The Labute approximate surface area is 138 Å². The van der Waals surface area contributed by atoms with E-state index in [-0.39, 0.29) is 0 Å². The molecule has 23 heavy (non-hydrogen) atoms. The van der Waals surface area contributed by atoms with Crippen molar-refractivity contribution in [2.24, 2.45) is 0 Å². The molecule has 0 aliphatic heterocycles. The average Bonchev–Trinajstić information content (AvgIpc) is 3.21. The normalized spacial score (nSPS) is 11.0. The van der Waals surface area contributed by atoms with Gasteiger partial charge in [0.05, 0.1) is 7.11 Å². The van der Waals surface area contributed by atoms with E-state index in [1.54, 1.807) is 18.4 Å². The van der Waals surface area contributed by atoms with E-state index in [1.165, 1.54) is 16.0 Å². The minimum atomic E-state index is 0.866. The van der Waals surface area contributed by atoms with Gasteiger partial charge in [-0.1, -0.05) is 18.2 Å². The number of pyridine rings is 1. The third-order valence-corrected chi connectivity index (χ3v) is 5.05. The quantitative estimate of drug-likeness (QED) is 0.558. The van der Waals surface area contributed by atoms with Gasteiger partial charge >= 0.3 is 0 Å². The van der Waals surface area contributed by atoms with Gasteiger partial charge in [0, 0.05) is 39.3 Å². The Balaban J connectivity index is 2.02. The predicted octanol–water partition coefficient (Wildman–Crippen LogP) is 5.28. The summed E-state index contributed by atoms with van der Waals surface area (Å²) in [5.41, 5.74) is 5.57. The SMILES string of the molecule is COc1ccccc1-c1c[nH]c2nccc(-c3cc(C)cs3)c12. The van der Waals surface area contributed by atoms with Gasteiger partial charge in [-0.2, -0.15) is 0 Å². The first-order valence-electron chi connectivity index (χ1n) is 7.43. The highest BCUT2D eigenvalue weighted by Gasteiger charge is 2.16. The Morgan fingerprint density at radius 3 is 2.74 bits per heavy atom. The molecule has 0 amide bonds. The topological polar surface area (TPSA) is 37.9 Å². The fourth-order valence-corrected chi connectivity index (χ4v) is 3.85. The summed E-state index contributed by atoms with van der Waals surface area (Å²) < 4.78 is 5.54. The fourth-order valence-electron chi connectivity index (χ4n) is 2.91. The van der Waals surface area contributed by atoms with E-state index in [0.717, 1.165) is 27.9 Å². The summed E-state index contributed by atoms with van der Waals surface area (Å²) in [6.45, 7) is 2.12. The van der Waals surface area contributed by atoms with Crippen molar-refractivity contribution in [3.8, 4) is 27.3 Å². The van der Waals surface area contributed by atoms with Gasteiger partial charge in [-0.3, -0.25) is 0 Å². The molecule has 0 radical (unpaired) electrons. The zero-order valence-corrected chi connectivity index (χ0v) is 13.8. The van der Waals surface area contributed by atoms with Crippen LogP contribution in [0.25, 0.3) is 32.6 Å². The fraction of sp³-hybridized carbons (Fsp3) is 0.105. The van der Waals surface area contributed by atoms with E-state index in [0.29, 0.717) is 0 Å². The van der Waals surface area contributed by atoms with Crippen molar-refractivity contribution in [3.63, 3.8) is 0 Å². The molecule has 114 valence electrons. The molecule has 1 N–H and O–H groups in total. The molecule has 4 rings (SSSR count). The molecule has 0 atom stereocenters. The molecule has 0 fully saturated rings. The van der Waals surface area contributed by atoms with Crippen molar-refractivity contribution in [2.45, 2.75) is 6.92 Å². The summed E-state index contributed by atoms with van der Waals surface area (Å²) in [7, 11) is 1.70. The van der Waals surface area contributed by atoms with Crippen LogP contribution in [0.3, 0.4) is 0 Å². The van der Waals surface area contributed by atoms with Crippen LogP contribution in [0.4, 0.5) is 0 Å². The van der Waals surface area contributed by atoms with Crippen LogP contribution in [0, 0.1) is 6.92 Å². The smallest absolute Gasteiger partial charge is 0.138 e. The number of hydrogen-bond acceptors (Lipinski definition) is 3. The first-order chi connectivity index (χ1) is 11.3. The second-order valence-corrected chi connectivity index (χ2v) is 6.38. The first-order valence-corrected chi connectivity index (χ1v) is 8.31. The number of para-hydroxylation sites is 1. The van der Waals surface area contributed by atoms with Gasteiger partial charge in [-0.25, -0.2) is 4.98 Å². The molecule has 3 heterocycles. The van der Waals surface area contributed by atoms with Crippen molar-refractivity contribution in [1.82, 2.24) is 9.97 Å². The van der Waals surface area contributed by atoms with Crippen LogP contribution in [0.1, 0.15) is 5.56 Å². The van der Waals surface area contributed by atoms with Crippen LogP contribution >= 0.6 is 11.3 Å². The second kappa shape index (κ2) is 5.56. The van der Waals surface area contributed by atoms with E-state index >= 15 is 0 Å². The van der Waals surface area contributed by atoms with Gasteiger partial charge in [0.25, 0.3) is 0 Å². The molecular formula is C19H16N2OS. The zero-order chi connectivity index (χ0) is 15.8. The maximum atomic E-state index is 5.54. The largest absolute Gasteiger partial charge is 0.496 e. The summed E-state index contributed by atoms with van der Waals surface area (Å²) >= 11 is 1.76. The second-order valence-electron chi connectivity index (χ2n) is 5.47. The highest BCUT2D eigenvalue weighted by atomic mass is 32.1. The third kappa shape index (κ3) is 2.32. The van der Waals surface area contributed by atoms with E-state index < -0.39 is 0 Å². The highest BCUT2D eigenvalue weighted by Crippen LogP contribution is 2.40. The van der Waals surface area contributed by atoms with Crippen LogP contribution in [0.15, 0.2) is 54.2 Å². The molecule has 4 aromatic rings. The number of nitrogens with one attached hydrogen (secondary N) is 1. The molecule has 0 aliphatic carbocycles. The predicted molar refractivity (Wildman–Crippen MR) is 96.1 cm³/mol. The summed E-state index contributed by atoms with van der Waals surface area (Å²) in [6, 6.07) is 12.4. The maximum Gasteiger partial charge on any atom is 0.138 e. The van der Waals surface area contributed by atoms with E-state index in [2.05, 4.69) is 40.5 Å². The van der Waals surface area contributed by atoms with Gasteiger partial charge in [0.2, 0.25) is 0 Å². The molecule has 0 unspecified atom stereocenters. The number of nitrogens with zero attached hydrogens (tertiary/aromatic N) is 1. The Bertz CT molecular complexity index is 984. The average molecular weight is 320 g/mol. The van der Waals surface area contributed by atoms with Crippen LogP contribution in [-0.4, -0.2) is 17.1 Å². The van der Waals surface area contributed by atoms with Crippen LogP contribution < -0.4 is 4.74 Å². The lowest BCUT2D eigenvalue weighted by Gasteiger charge is -2.08. The maximum absolute atomic E-state index is 5.54. The van der Waals surface area contributed by atoms with Crippen LogP contribution in [0.5, 0.6) is 5.75 Å². The number of fused-ring (bicyclic) bond motifs is 1. The number of aromatic nitrogens is 2. The molecule has 4 heteroatoms. The molecular weight excluding hydrogens is 304 g/mol. The minimum absolute atomic E-state index is 0.866. The molecule has 3 aromatic heterocycles. The molecule has 0 saturated carbocycles. The van der Waals surface area contributed by atoms with E-state index in [9.17, 15) is 0 Å². The van der Waals surface area contributed by atoms with Crippen LogP contribution in [-0.2, 0) is 0 Å². The molecule has 1 aromatic carbocycles. The monoisotopic (exact) mass is 320 g/mol. The molecule has 0 bridgehead atoms.